The van der Waals surface area contributed by atoms with Gasteiger partial charge in [0, 0.05) is 38.3 Å². The molecule has 0 saturated carbocycles. The smallest absolute Gasteiger partial charge is 0.176 e. The molecule has 25 heavy (non-hydrogen) atoms. The number of aromatic nitrogens is 3. The molecule has 1 aromatic heterocycles. The van der Waals surface area contributed by atoms with E-state index in [-0.39, 0.29) is 6.04 Å². The van der Waals surface area contributed by atoms with Gasteiger partial charge in [-0.05, 0) is 20.8 Å². The van der Waals surface area contributed by atoms with E-state index in [1.165, 1.54) is 0 Å². The van der Waals surface area contributed by atoms with Crippen LogP contribution in [0.25, 0.3) is 5.70 Å². The van der Waals surface area contributed by atoms with Crippen molar-refractivity contribution < 1.29 is 9.47 Å². The Morgan fingerprint density at radius 1 is 1.40 bits per heavy atom. The zero-order chi connectivity index (χ0) is 18.8. The number of allylic oxidation sites excluding steroid dienone is 2. The van der Waals surface area contributed by atoms with Gasteiger partial charge in [0.25, 0.3) is 0 Å². The predicted octanol–water partition coefficient (Wildman–Crippen LogP) is 2.75. The molecule has 7 nitrogen and oxygen atoms in total. The molecule has 0 fully saturated rings. The average Bonchev–Trinajstić information content (AvgIpc) is 2.98. The fraction of sp³-hybridized carbons (Fsp3) is 0.556. The van der Waals surface area contributed by atoms with Gasteiger partial charge in [0.15, 0.2) is 5.82 Å². The second-order valence-corrected chi connectivity index (χ2v) is 5.77. The summed E-state index contributed by atoms with van der Waals surface area (Å²) in [5.74, 6) is 3.01. The summed E-state index contributed by atoms with van der Waals surface area (Å²) in [5.41, 5.74) is 0.883. The minimum absolute atomic E-state index is 0.238. The van der Waals surface area contributed by atoms with E-state index < -0.39 is 0 Å². The Labute approximate surface area is 150 Å². The molecule has 0 bridgehead atoms. The molecule has 0 radical (unpaired) electrons. The summed E-state index contributed by atoms with van der Waals surface area (Å²) in [7, 11) is 3.46. The highest BCUT2D eigenvalue weighted by Crippen LogP contribution is 2.13. The largest absolute Gasteiger partial charge is 0.497 e. The molecule has 0 unspecified atom stereocenters. The van der Waals surface area contributed by atoms with Gasteiger partial charge in [-0.1, -0.05) is 13.5 Å². The fourth-order valence-electron chi connectivity index (χ4n) is 2.12. The van der Waals surface area contributed by atoms with Crippen molar-refractivity contribution in [1.29, 1.82) is 0 Å². The van der Waals surface area contributed by atoms with Crippen LogP contribution in [-0.4, -0.2) is 42.1 Å². The quantitative estimate of drug-likeness (QED) is 0.364. The topological polar surface area (TPSA) is 73.2 Å². The SMILES string of the molecule is C=C(/C=C(\CC)OCCN/C=C(\NC)c1nc(C)nn1C(C)C)OC. The predicted molar refractivity (Wildman–Crippen MR) is 101 cm³/mol. The third kappa shape index (κ3) is 6.52. The lowest BCUT2D eigenvalue weighted by atomic mass is 10.3. The van der Waals surface area contributed by atoms with Gasteiger partial charge in [-0.2, -0.15) is 5.10 Å². The van der Waals surface area contributed by atoms with Crippen LogP contribution in [0.2, 0.25) is 0 Å². The van der Waals surface area contributed by atoms with Gasteiger partial charge in [-0.15, -0.1) is 0 Å². The van der Waals surface area contributed by atoms with Crippen molar-refractivity contribution in [3.8, 4) is 0 Å². The van der Waals surface area contributed by atoms with Gasteiger partial charge in [-0.25, -0.2) is 9.67 Å². The monoisotopic (exact) mass is 349 g/mol. The maximum absolute atomic E-state index is 5.73. The van der Waals surface area contributed by atoms with Crippen LogP contribution in [0.5, 0.6) is 0 Å². The van der Waals surface area contributed by atoms with Crippen molar-refractivity contribution in [2.24, 2.45) is 0 Å². The summed E-state index contributed by atoms with van der Waals surface area (Å²) in [6.45, 7) is 13.1. The number of hydrogen-bond acceptors (Lipinski definition) is 6. The standard InChI is InChI=1S/C18H31N5O2/c1-8-16(11-14(4)24-7)25-10-9-20-12-17(19-6)18-21-15(5)22-23(18)13(2)3/h11-13,19-20H,4,8-10H2,1-3,5-7H3/b16-11+,17-12-. The highest BCUT2D eigenvalue weighted by molar-refractivity contribution is 5.57. The zero-order valence-corrected chi connectivity index (χ0v) is 16.2. The molecule has 1 heterocycles. The Morgan fingerprint density at radius 3 is 2.68 bits per heavy atom. The highest BCUT2D eigenvalue weighted by atomic mass is 16.5. The molecule has 1 rings (SSSR count). The second-order valence-electron chi connectivity index (χ2n) is 5.77. The Morgan fingerprint density at radius 2 is 2.12 bits per heavy atom. The van der Waals surface area contributed by atoms with Crippen LogP contribution in [-0.2, 0) is 9.47 Å². The van der Waals surface area contributed by atoms with Gasteiger partial charge in [0.05, 0.1) is 18.6 Å². The van der Waals surface area contributed by atoms with Crippen LogP contribution in [0.3, 0.4) is 0 Å². The maximum atomic E-state index is 5.73. The van der Waals surface area contributed by atoms with E-state index in [2.05, 4.69) is 41.1 Å². The van der Waals surface area contributed by atoms with Crippen LogP contribution in [0.4, 0.5) is 0 Å². The number of rotatable bonds is 11. The van der Waals surface area contributed by atoms with E-state index in [0.717, 1.165) is 29.5 Å². The third-order valence-electron chi connectivity index (χ3n) is 3.45. The van der Waals surface area contributed by atoms with E-state index in [0.29, 0.717) is 18.9 Å². The molecule has 7 heteroatoms. The Hall–Kier alpha value is -2.44. The van der Waals surface area contributed by atoms with Crippen molar-refractivity contribution in [1.82, 2.24) is 25.4 Å². The molecule has 140 valence electrons. The molecular formula is C18H31N5O2. The summed E-state index contributed by atoms with van der Waals surface area (Å²) >= 11 is 0. The van der Waals surface area contributed by atoms with E-state index in [1.807, 2.05) is 37.9 Å². The van der Waals surface area contributed by atoms with Gasteiger partial charge < -0.3 is 20.1 Å². The van der Waals surface area contributed by atoms with Gasteiger partial charge in [-0.3, -0.25) is 0 Å². The summed E-state index contributed by atoms with van der Waals surface area (Å²) in [6.07, 6.45) is 4.49. The molecule has 2 N–H and O–H groups in total. The number of aryl methyl sites for hydroxylation is 1. The lowest BCUT2D eigenvalue weighted by Crippen LogP contribution is -2.19. The number of nitrogens with zero attached hydrogens (tertiary/aromatic N) is 3. The van der Waals surface area contributed by atoms with E-state index in [4.69, 9.17) is 9.47 Å². The van der Waals surface area contributed by atoms with Crippen molar-refractivity contribution in [2.75, 3.05) is 27.3 Å². The zero-order valence-electron chi connectivity index (χ0n) is 16.2. The Bertz CT molecular complexity index is 617. The van der Waals surface area contributed by atoms with Crippen molar-refractivity contribution in [3.05, 3.63) is 42.0 Å². The van der Waals surface area contributed by atoms with Crippen LogP contribution >= 0.6 is 0 Å². The maximum Gasteiger partial charge on any atom is 0.176 e. The van der Waals surface area contributed by atoms with Crippen LogP contribution in [0.15, 0.2) is 30.4 Å². The van der Waals surface area contributed by atoms with E-state index >= 15 is 0 Å². The first-order chi connectivity index (χ1) is 11.9. The molecular weight excluding hydrogens is 318 g/mol. The second kappa shape index (κ2) is 10.4. The van der Waals surface area contributed by atoms with Crippen LogP contribution in [0, 0.1) is 6.92 Å². The van der Waals surface area contributed by atoms with Gasteiger partial charge in [0.2, 0.25) is 0 Å². The lowest BCUT2D eigenvalue weighted by Gasteiger charge is -2.13. The normalized spacial score (nSPS) is 12.3. The number of methoxy groups -OCH3 is 1. The molecule has 0 aromatic carbocycles. The summed E-state index contributed by atoms with van der Waals surface area (Å²) < 4.78 is 12.7. The van der Waals surface area contributed by atoms with E-state index in [1.54, 1.807) is 7.11 Å². The van der Waals surface area contributed by atoms with Crippen molar-refractivity contribution in [2.45, 2.75) is 40.2 Å². The fourth-order valence-corrected chi connectivity index (χ4v) is 2.12. The third-order valence-corrected chi connectivity index (χ3v) is 3.45. The lowest BCUT2D eigenvalue weighted by molar-refractivity contribution is 0.204. The Balaban J connectivity index is 2.62. The molecule has 1 aromatic rings. The first kappa shape index (κ1) is 20.6. The molecule has 0 atom stereocenters. The summed E-state index contributed by atoms with van der Waals surface area (Å²) in [6, 6.07) is 0.238. The number of hydrogen-bond donors (Lipinski definition) is 2. The molecule has 0 aliphatic carbocycles. The molecule has 0 aliphatic heterocycles. The van der Waals surface area contributed by atoms with Crippen LogP contribution < -0.4 is 10.6 Å². The first-order valence-corrected chi connectivity index (χ1v) is 8.53. The first-order valence-electron chi connectivity index (χ1n) is 8.53. The number of ether oxygens (including phenoxy) is 2. The Kier molecular flexibility index (Phi) is 8.60. The summed E-state index contributed by atoms with van der Waals surface area (Å²) in [4.78, 5) is 4.50. The minimum Gasteiger partial charge on any atom is -0.497 e. The van der Waals surface area contributed by atoms with Crippen molar-refractivity contribution in [3.63, 3.8) is 0 Å². The summed E-state index contributed by atoms with van der Waals surface area (Å²) in [5, 5.41) is 10.8. The highest BCUT2D eigenvalue weighted by Gasteiger charge is 2.13. The van der Waals surface area contributed by atoms with E-state index in [9.17, 15) is 0 Å². The van der Waals surface area contributed by atoms with Crippen molar-refractivity contribution >= 4 is 5.70 Å². The van der Waals surface area contributed by atoms with Gasteiger partial charge >= 0.3 is 0 Å². The van der Waals surface area contributed by atoms with Gasteiger partial charge in [0.1, 0.15) is 18.2 Å². The van der Waals surface area contributed by atoms with Crippen LogP contribution in [0.1, 0.15) is 44.9 Å². The molecule has 0 aliphatic rings. The molecule has 0 saturated heterocycles. The molecule has 0 amide bonds. The number of nitrogens with one attached hydrogen (secondary N) is 2. The molecule has 0 spiro atoms. The minimum atomic E-state index is 0.238. The average molecular weight is 349 g/mol.